The van der Waals surface area contributed by atoms with Gasteiger partial charge in [-0.15, -0.1) is 0 Å². The van der Waals surface area contributed by atoms with E-state index in [0.717, 1.165) is 37.5 Å². The molecule has 1 N–H and O–H groups in total. The number of hydrogen-bond acceptors (Lipinski definition) is 5. The van der Waals surface area contributed by atoms with Crippen LogP contribution in [0.3, 0.4) is 0 Å². The van der Waals surface area contributed by atoms with E-state index in [0.29, 0.717) is 16.5 Å². The Hall–Kier alpha value is -2.78. The number of rotatable bonds is 12. The predicted molar refractivity (Wildman–Crippen MR) is 151 cm³/mol. The number of nitrogens with one attached hydrogen (secondary N) is 1. The zero-order valence-corrected chi connectivity index (χ0v) is 23.9. The highest BCUT2D eigenvalue weighted by Crippen LogP contribution is 2.24. The van der Waals surface area contributed by atoms with Crippen molar-refractivity contribution in [3.63, 3.8) is 0 Å². The number of sulfonamides is 1. The number of nitrogens with zero attached hydrogens (tertiary/aromatic N) is 2. The van der Waals surface area contributed by atoms with Crippen LogP contribution in [0.15, 0.2) is 48.5 Å². The van der Waals surface area contributed by atoms with Crippen molar-refractivity contribution in [2.45, 2.75) is 70.5 Å². The Morgan fingerprint density at radius 2 is 1.82 bits per heavy atom. The minimum Gasteiger partial charge on any atom is -0.497 e. The smallest absolute Gasteiger partial charge is 0.242 e. The fourth-order valence-electron chi connectivity index (χ4n) is 4.75. The molecule has 0 spiro atoms. The molecule has 1 saturated carbocycles. The first kappa shape index (κ1) is 29.8. The topological polar surface area (TPSA) is 96.0 Å². The molecule has 2 amide bonds. The summed E-state index contributed by atoms with van der Waals surface area (Å²) in [6.45, 7) is 2.08. The van der Waals surface area contributed by atoms with Crippen molar-refractivity contribution in [3.8, 4) is 5.75 Å². The van der Waals surface area contributed by atoms with Crippen LogP contribution in [-0.2, 0) is 26.2 Å². The first-order chi connectivity index (χ1) is 18.1. The minimum absolute atomic E-state index is 0.0810. The van der Waals surface area contributed by atoms with Gasteiger partial charge in [0.1, 0.15) is 11.8 Å². The van der Waals surface area contributed by atoms with Crippen molar-refractivity contribution in [2.75, 3.05) is 24.2 Å². The van der Waals surface area contributed by atoms with Crippen LogP contribution in [0.5, 0.6) is 5.75 Å². The second-order valence-electron chi connectivity index (χ2n) is 9.81. The lowest BCUT2D eigenvalue weighted by molar-refractivity contribution is -0.141. The third-order valence-electron chi connectivity index (χ3n) is 6.85. The zero-order valence-electron chi connectivity index (χ0n) is 22.4. The molecule has 0 heterocycles. The van der Waals surface area contributed by atoms with Crippen LogP contribution in [-0.4, -0.2) is 57.1 Å². The van der Waals surface area contributed by atoms with Gasteiger partial charge in [-0.05, 0) is 56.0 Å². The van der Waals surface area contributed by atoms with E-state index in [1.165, 1.54) is 17.8 Å². The van der Waals surface area contributed by atoms with Gasteiger partial charge in [0.25, 0.3) is 0 Å². The molecule has 0 aliphatic heterocycles. The van der Waals surface area contributed by atoms with E-state index >= 15 is 0 Å². The maximum atomic E-state index is 13.5. The van der Waals surface area contributed by atoms with E-state index in [9.17, 15) is 18.0 Å². The molecule has 3 rings (SSSR count). The third kappa shape index (κ3) is 8.63. The lowest BCUT2D eigenvalue weighted by atomic mass is 9.95. The molecular weight excluding hydrogens is 526 g/mol. The van der Waals surface area contributed by atoms with Crippen molar-refractivity contribution < 1.29 is 22.7 Å². The number of ether oxygens (including phenoxy) is 1. The van der Waals surface area contributed by atoms with Crippen molar-refractivity contribution in [1.82, 2.24) is 10.2 Å². The molecule has 0 bridgehead atoms. The third-order valence-corrected chi connectivity index (χ3v) is 8.28. The minimum atomic E-state index is -3.59. The highest BCUT2D eigenvalue weighted by Gasteiger charge is 2.28. The van der Waals surface area contributed by atoms with Gasteiger partial charge >= 0.3 is 0 Å². The largest absolute Gasteiger partial charge is 0.497 e. The molecule has 1 fully saturated rings. The summed E-state index contributed by atoms with van der Waals surface area (Å²) in [7, 11) is -2.07. The Morgan fingerprint density at radius 1 is 1.11 bits per heavy atom. The number of methoxy groups -OCH3 is 1. The SMILES string of the molecule is COc1cccc(N(CCCC(=O)N(Cc2cccc(Cl)c2)[C@@H](C)C(=O)NC2CCCCC2)S(C)(=O)=O)c1. The summed E-state index contributed by atoms with van der Waals surface area (Å²) in [6, 6.07) is 13.5. The maximum Gasteiger partial charge on any atom is 0.242 e. The Labute approximate surface area is 231 Å². The van der Waals surface area contributed by atoms with E-state index in [1.807, 2.05) is 12.1 Å². The number of carbonyl (C=O) groups excluding carboxylic acids is 2. The summed E-state index contributed by atoms with van der Waals surface area (Å²) in [5, 5.41) is 3.67. The first-order valence-corrected chi connectivity index (χ1v) is 15.3. The molecule has 208 valence electrons. The number of carbonyl (C=O) groups is 2. The average Bonchev–Trinajstić information content (AvgIpc) is 2.89. The van der Waals surface area contributed by atoms with Gasteiger partial charge in [0.15, 0.2) is 0 Å². The maximum absolute atomic E-state index is 13.5. The van der Waals surface area contributed by atoms with Gasteiger partial charge in [0.05, 0.1) is 19.1 Å². The van der Waals surface area contributed by atoms with Gasteiger partial charge < -0.3 is 15.0 Å². The Kier molecular flexibility index (Phi) is 10.8. The van der Waals surface area contributed by atoms with Crippen LogP contribution < -0.4 is 14.4 Å². The van der Waals surface area contributed by atoms with Crippen LogP contribution in [0, 0.1) is 0 Å². The van der Waals surface area contributed by atoms with Crippen LogP contribution in [0.4, 0.5) is 5.69 Å². The van der Waals surface area contributed by atoms with Gasteiger partial charge in [-0.2, -0.15) is 0 Å². The fourth-order valence-corrected chi connectivity index (χ4v) is 5.92. The van der Waals surface area contributed by atoms with Crippen molar-refractivity contribution in [3.05, 3.63) is 59.1 Å². The molecular formula is C28H38ClN3O5S. The normalized spacial score (nSPS) is 14.9. The molecule has 2 aromatic carbocycles. The highest BCUT2D eigenvalue weighted by atomic mass is 35.5. The molecule has 0 aromatic heterocycles. The van der Waals surface area contributed by atoms with E-state index in [1.54, 1.807) is 48.2 Å². The predicted octanol–water partition coefficient (Wildman–Crippen LogP) is 4.76. The Balaban J connectivity index is 1.72. The fraction of sp³-hybridized carbons (Fsp3) is 0.500. The average molecular weight is 564 g/mol. The van der Waals surface area contributed by atoms with Gasteiger partial charge in [-0.3, -0.25) is 13.9 Å². The summed E-state index contributed by atoms with van der Waals surface area (Å²) in [4.78, 5) is 28.2. The molecule has 1 atom stereocenters. The monoisotopic (exact) mass is 563 g/mol. The lowest BCUT2D eigenvalue weighted by Crippen LogP contribution is -2.50. The number of hydrogen-bond donors (Lipinski definition) is 1. The van der Waals surface area contributed by atoms with Crippen LogP contribution in [0.2, 0.25) is 5.02 Å². The zero-order chi connectivity index (χ0) is 27.7. The van der Waals surface area contributed by atoms with Gasteiger partial charge in [0, 0.05) is 36.6 Å². The summed E-state index contributed by atoms with van der Waals surface area (Å²) >= 11 is 6.17. The summed E-state index contributed by atoms with van der Waals surface area (Å²) in [6.07, 6.45) is 6.77. The first-order valence-electron chi connectivity index (χ1n) is 13.0. The quantitative estimate of drug-likeness (QED) is 0.401. The summed E-state index contributed by atoms with van der Waals surface area (Å²) in [5.74, 6) is 0.134. The van der Waals surface area contributed by atoms with E-state index < -0.39 is 16.1 Å². The lowest BCUT2D eigenvalue weighted by Gasteiger charge is -2.31. The van der Waals surface area contributed by atoms with Crippen molar-refractivity contribution in [2.24, 2.45) is 0 Å². The van der Waals surface area contributed by atoms with Crippen molar-refractivity contribution >= 4 is 39.1 Å². The highest BCUT2D eigenvalue weighted by molar-refractivity contribution is 7.92. The molecule has 1 aliphatic carbocycles. The van der Waals surface area contributed by atoms with Gasteiger partial charge in [-0.1, -0.05) is 49.1 Å². The second kappa shape index (κ2) is 13.8. The number of amides is 2. The summed E-state index contributed by atoms with van der Waals surface area (Å²) in [5.41, 5.74) is 1.28. The van der Waals surface area contributed by atoms with Crippen LogP contribution >= 0.6 is 11.6 Å². The molecule has 0 saturated heterocycles. The Morgan fingerprint density at radius 3 is 2.47 bits per heavy atom. The van der Waals surface area contributed by atoms with Crippen LogP contribution in [0.1, 0.15) is 57.4 Å². The Bertz CT molecular complexity index is 1200. The van der Waals surface area contributed by atoms with E-state index in [-0.39, 0.29) is 43.8 Å². The molecule has 8 nitrogen and oxygen atoms in total. The summed E-state index contributed by atoms with van der Waals surface area (Å²) < 4.78 is 31.5. The molecule has 1 aliphatic rings. The molecule has 0 unspecified atom stereocenters. The number of benzene rings is 2. The standard InChI is InChI=1S/C28H38ClN3O5S/c1-21(28(34)30-24-12-5-4-6-13-24)31(20-22-10-7-11-23(29)18-22)27(33)16-9-17-32(38(3,35)36)25-14-8-15-26(19-25)37-2/h7-8,10-11,14-15,18-19,21,24H,4-6,9,12-13,16-17,20H2,1-3H3,(H,30,34)/t21-/m0/s1. The molecule has 38 heavy (non-hydrogen) atoms. The second-order valence-corrected chi connectivity index (χ2v) is 12.2. The van der Waals surface area contributed by atoms with Crippen LogP contribution in [0.25, 0.3) is 0 Å². The van der Waals surface area contributed by atoms with Gasteiger partial charge in [-0.25, -0.2) is 8.42 Å². The molecule has 0 radical (unpaired) electrons. The van der Waals surface area contributed by atoms with E-state index in [2.05, 4.69) is 5.32 Å². The molecule has 2 aromatic rings. The van der Waals surface area contributed by atoms with Crippen molar-refractivity contribution in [1.29, 1.82) is 0 Å². The van der Waals surface area contributed by atoms with E-state index in [4.69, 9.17) is 16.3 Å². The van der Waals surface area contributed by atoms with Gasteiger partial charge in [0.2, 0.25) is 21.8 Å². The molecule has 10 heteroatoms. The number of anilines is 1. The number of halogens is 1.